The predicted octanol–water partition coefficient (Wildman–Crippen LogP) is 4.96. The maximum Gasteiger partial charge on any atom is 0.225 e. The van der Waals surface area contributed by atoms with Crippen LogP contribution in [0.1, 0.15) is 62.8 Å². The van der Waals surface area contributed by atoms with E-state index in [1.165, 1.54) is 33.4 Å². The standard InChI is InChI=1S/C15H17NO2.C15H19NO.2CH4/c1-16-13(14(17)9-15(16)18)8-11-7-6-10-4-2-3-5-12(10)11;1-16-9-8-15(17)14(16)10-12-7-6-11-4-2-3-5-13(11)12;;/h2-5,7,13-14,17H,6,8-9H2,1H3;2-5,7,14-15,17H,6,8-10H2,1H3;2*1H4/t13-,14-;14-,15-;;/m11../s1. The van der Waals surface area contributed by atoms with Gasteiger partial charge in [-0.1, -0.05) is 75.5 Å². The van der Waals surface area contributed by atoms with E-state index in [0.717, 1.165) is 38.6 Å². The summed E-state index contributed by atoms with van der Waals surface area (Å²) in [4.78, 5) is 15.5. The fraction of sp³-hybridized carbons (Fsp3) is 0.469. The van der Waals surface area contributed by atoms with Crippen molar-refractivity contribution in [2.24, 2.45) is 0 Å². The van der Waals surface area contributed by atoms with Crippen LogP contribution in [0.2, 0.25) is 0 Å². The summed E-state index contributed by atoms with van der Waals surface area (Å²) in [6.45, 7) is 1.01. The van der Waals surface area contributed by atoms with Gasteiger partial charge in [0.1, 0.15) is 0 Å². The van der Waals surface area contributed by atoms with Crippen molar-refractivity contribution in [2.45, 2.75) is 77.7 Å². The Bertz CT molecular complexity index is 1140. The number of aliphatic hydroxyl groups excluding tert-OH is 2. The Kier molecular flexibility index (Phi) is 9.51. The van der Waals surface area contributed by atoms with Crippen LogP contribution >= 0.6 is 0 Å². The number of hydrogen-bond acceptors (Lipinski definition) is 4. The van der Waals surface area contributed by atoms with E-state index in [9.17, 15) is 15.0 Å². The molecule has 0 saturated carbocycles. The van der Waals surface area contributed by atoms with Gasteiger partial charge in [-0.2, -0.15) is 0 Å². The lowest BCUT2D eigenvalue weighted by atomic mass is 9.97. The Hall–Kier alpha value is -2.73. The Labute approximate surface area is 223 Å². The molecule has 2 saturated heterocycles. The first-order valence-corrected chi connectivity index (χ1v) is 12.8. The first-order chi connectivity index (χ1) is 16.9. The number of carbonyl (C=O) groups excluding carboxylic acids is 1. The molecule has 1 amide bonds. The van der Waals surface area contributed by atoms with E-state index in [-0.39, 0.29) is 39.3 Å². The van der Waals surface area contributed by atoms with Crippen molar-refractivity contribution >= 4 is 17.1 Å². The molecule has 37 heavy (non-hydrogen) atoms. The number of likely N-dealkylation sites (N-methyl/N-ethyl adjacent to an activating group) is 2. The molecule has 4 atom stereocenters. The molecule has 2 aliphatic carbocycles. The number of nitrogens with zero attached hydrogens (tertiary/aromatic N) is 2. The first-order valence-electron chi connectivity index (χ1n) is 12.8. The Morgan fingerprint density at radius 2 is 1.30 bits per heavy atom. The van der Waals surface area contributed by atoms with Gasteiger partial charge >= 0.3 is 0 Å². The summed E-state index contributed by atoms with van der Waals surface area (Å²) in [6.07, 6.45) is 8.77. The van der Waals surface area contributed by atoms with Crippen LogP contribution in [-0.4, -0.2) is 70.9 Å². The fourth-order valence-electron chi connectivity index (χ4n) is 6.00. The summed E-state index contributed by atoms with van der Waals surface area (Å²) >= 11 is 0. The SMILES string of the molecule is C.C.CN1C(=O)C[C@@H](O)[C@H]1CC1=CCc2ccccc21.CN1CC[C@@H](O)[C@H]1CC1=CCc2ccccc21. The number of allylic oxidation sites excluding steroid dienone is 2. The third kappa shape index (κ3) is 5.90. The van der Waals surface area contributed by atoms with E-state index < -0.39 is 6.10 Å². The molecule has 0 bridgehead atoms. The highest BCUT2D eigenvalue weighted by atomic mass is 16.3. The number of fused-ring (bicyclic) bond motifs is 2. The third-order valence-corrected chi connectivity index (χ3v) is 8.23. The molecular formula is C32H44N2O3. The lowest BCUT2D eigenvalue weighted by molar-refractivity contribution is -0.127. The normalized spacial score (nSPS) is 25.8. The smallest absolute Gasteiger partial charge is 0.225 e. The first kappa shape index (κ1) is 28.8. The molecule has 2 heterocycles. The number of rotatable bonds is 4. The van der Waals surface area contributed by atoms with Gasteiger partial charge in [-0.3, -0.25) is 4.79 Å². The van der Waals surface area contributed by atoms with Crippen molar-refractivity contribution in [1.29, 1.82) is 0 Å². The number of benzene rings is 2. The highest BCUT2D eigenvalue weighted by Crippen LogP contribution is 2.35. The van der Waals surface area contributed by atoms with Crippen LogP contribution in [0.3, 0.4) is 0 Å². The zero-order chi connectivity index (χ0) is 24.5. The number of carbonyl (C=O) groups is 1. The maximum atomic E-state index is 11.6. The summed E-state index contributed by atoms with van der Waals surface area (Å²) in [5, 5.41) is 19.9. The van der Waals surface area contributed by atoms with Crippen LogP contribution in [0.15, 0.2) is 60.7 Å². The van der Waals surface area contributed by atoms with E-state index in [0.29, 0.717) is 6.04 Å². The molecule has 2 N–H and O–H groups in total. The molecule has 5 heteroatoms. The maximum absolute atomic E-state index is 11.6. The van der Waals surface area contributed by atoms with E-state index in [2.05, 4.69) is 66.6 Å². The molecule has 0 spiro atoms. The minimum absolute atomic E-state index is 0. The van der Waals surface area contributed by atoms with Gasteiger partial charge in [0.15, 0.2) is 0 Å². The largest absolute Gasteiger partial charge is 0.391 e. The van der Waals surface area contributed by atoms with E-state index in [1.54, 1.807) is 11.9 Å². The third-order valence-electron chi connectivity index (χ3n) is 8.23. The summed E-state index contributed by atoms with van der Waals surface area (Å²) in [5.41, 5.74) is 8.11. The number of amides is 1. The molecule has 200 valence electrons. The molecule has 2 aromatic carbocycles. The second kappa shape index (κ2) is 12.2. The van der Waals surface area contributed by atoms with Crippen LogP contribution in [0.25, 0.3) is 11.1 Å². The highest BCUT2D eigenvalue weighted by molar-refractivity contribution is 5.81. The average Bonchev–Trinajstić information content (AvgIpc) is 3.60. The van der Waals surface area contributed by atoms with Crippen molar-refractivity contribution in [1.82, 2.24) is 9.80 Å². The van der Waals surface area contributed by atoms with Crippen LogP contribution < -0.4 is 0 Å². The average molecular weight is 505 g/mol. The van der Waals surface area contributed by atoms with Gasteiger partial charge in [-0.05, 0) is 72.6 Å². The van der Waals surface area contributed by atoms with Gasteiger partial charge in [-0.15, -0.1) is 0 Å². The fourth-order valence-corrected chi connectivity index (χ4v) is 6.00. The van der Waals surface area contributed by atoms with Gasteiger partial charge < -0.3 is 20.0 Å². The van der Waals surface area contributed by atoms with Crippen molar-refractivity contribution < 1.29 is 15.0 Å². The molecule has 0 unspecified atom stereocenters. The van der Waals surface area contributed by atoms with Crippen LogP contribution in [0.4, 0.5) is 0 Å². The van der Waals surface area contributed by atoms with Crippen molar-refractivity contribution in [2.75, 3.05) is 20.6 Å². The summed E-state index contributed by atoms with van der Waals surface area (Å²) in [6, 6.07) is 17.2. The van der Waals surface area contributed by atoms with Gasteiger partial charge in [0.2, 0.25) is 5.91 Å². The monoisotopic (exact) mass is 504 g/mol. The Morgan fingerprint density at radius 1 is 0.784 bits per heavy atom. The molecule has 2 aromatic rings. The van der Waals surface area contributed by atoms with Crippen LogP contribution in [0, 0.1) is 0 Å². The van der Waals surface area contributed by atoms with Crippen molar-refractivity contribution in [3.63, 3.8) is 0 Å². The topological polar surface area (TPSA) is 64.0 Å². The molecule has 0 aromatic heterocycles. The summed E-state index contributed by atoms with van der Waals surface area (Å²) in [5.74, 6) is 0.0411. The minimum atomic E-state index is -0.531. The lowest BCUT2D eigenvalue weighted by Gasteiger charge is -2.23. The molecule has 0 radical (unpaired) electrons. The zero-order valence-electron chi connectivity index (χ0n) is 20.7. The zero-order valence-corrected chi connectivity index (χ0v) is 20.7. The van der Waals surface area contributed by atoms with E-state index in [1.807, 2.05) is 6.07 Å². The molecule has 6 rings (SSSR count). The molecule has 5 nitrogen and oxygen atoms in total. The lowest BCUT2D eigenvalue weighted by Crippen LogP contribution is -2.33. The summed E-state index contributed by atoms with van der Waals surface area (Å²) < 4.78 is 0. The van der Waals surface area contributed by atoms with Gasteiger partial charge in [0.05, 0.1) is 24.7 Å². The second-order valence-electron chi connectivity index (χ2n) is 10.3. The van der Waals surface area contributed by atoms with Gasteiger partial charge in [-0.25, -0.2) is 0 Å². The summed E-state index contributed by atoms with van der Waals surface area (Å²) in [7, 11) is 3.90. The van der Waals surface area contributed by atoms with Gasteiger partial charge in [0, 0.05) is 19.6 Å². The van der Waals surface area contributed by atoms with E-state index >= 15 is 0 Å². The van der Waals surface area contributed by atoms with Gasteiger partial charge in [0.25, 0.3) is 0 Å². The second-order valence-corrected chi connectivity index (χ2v) is 10.3. The predicted molar refractivity (Wildman–Crippen MR) is 153 cm³/mol. The quantitative estimate of drug-likeness (QED) is 0.618. The molecule has 2 fully saturated rings. The molecule has 2 aliphatic heterocycles. The van der Waals surface area contributed by atoms with Crippen molar-refractivity contribution in [3.05, 3.63) is 82.9 Å². The number of aliphatic hydroxyl groups is 2. The molecule has 4 aliphatic rings. The highest BCUT2D eigenvalue weighted by Gasteiger charge is 2.37. The van der Waals surface area contributed by atoms with Crippen LogP contribution in [-0.2, 0) is 17.6 Å². The Morgan fingerprint density at radius 3 is 1.76 bits per heavy atom. The van der Waals surface area contributed by atoms with Crippen molar-refractivity contribution in [3.8, 4) is 0 Å². The van der Waals surface area contributed by atoms with E-state index in [4.69, 9.17) is 0 Å². The number of hydrogen-bond donors (Lipinski definition) is 2. The minimum Gasteiger partial charge on any atom is -0.391 e. The Balaban J connectivity index is 0.000000195. The molecular weight excluding hydrogens is 460 g/mol. The van der Waals surface area contributed by atoms with Crippen LogP contribution in [0.5, 0.6) is 0 Å². The number of likely N-dealkylation sites (tertiary alicyclic amines) is 2.